The van der Waals surface area contributed by atoms with Crippen LogP contribution in [0, 0.1) is 0 Å². The second-order valence-corrected chi connectivity index (χ2v) is 6.69. The molecule has 144 valence electrons. The predicted octanol–water partition coefficient (Wildman–Crippen LogP) is 0.394. The molecule has 0 aliphatic carbocycles. The van der Waals surface area contributed by atoms with Gasteiger partial charge in [0.1, 0.15) is 0 Å². The quantitative estimate of drug-likeness (QED) is 0.680. The van der Waals surface area contributed by atoms with Gasteiger partial charge in [0.25, 0.3) is 11.8 Å². The first-order chi connectivity index (χ1) is 13.0. The minimum absolute atomic E-state index is 0.395. The van der Waals surface area contributed by atoms with Gasteiger partial charge in [-0.3, -0.25) is 9.59 Å². The lowest BCUT2D eigenvalue weighted by atomic mass is 10.1. The molecule has 8 heteroatoms. The van der Waals surface area contributed by atoms with Crippen LogP contribution in [0.1, 0.15) is 31.4 Å². The van der Waals surface area contributed by atoms with Gasteiger partial charge >= 0.3 is 0 Å². The van der Waals surface area contributed by atoms with Crippen molar-refractivity contribution in [3.8, 4) is 5.69 Å². The molecule has 3 rings (SSSR count). The van der Waals surface area contributed by atoms with E-state index in [1.165, 1.54) is 4.90 Å². The fourth-order valence-corrected chi connectivity index (χ4v) is 3.12. The Kier molecular flexibility index (Phi) is 5.88. The Bertz CT molecular complexity index is 770. The van der Waals surface area contributed by atoms with E-state index in [0.29, 0.717) is 13.1 Å². The van der Waals surface area contributed by atoms with E-state index in [9.17, 15) is 19.8 Å². The highest BCUT2D eigenvalue weighted by Crippen LogP contribution is 2.16. The van der Waals surface area contributed by atoms with Gasteiger partial charge in [0, 0.05) is 25.5 Å². The molecule has 1 aromatic heterocycles. The van der Waals surface area contributed by atoms with Gasteiger partial charge in [0.05, 0.1) is 11.7 Å². The van der Waals surface area contributed by atoms with Crippen LogP contribution in [0.25, 0.3) is 5.69 Å². The molecule has 2 aromatic rings. The van der Waals surface area contributed by atoms with Crippen molar-refractivity contribution in [2.75, 3.05) is 13.1 Å². The zero-order chi connectivity index (χ0) is 19.4. The molecule has 1 aromatic carbocycles. The SMILES string of the molecule is CC(NC(=O)C(O)C(O)C(=O)N1CCCC1)c1ccc(-n2cccn2)cc1. The Balaban J connectivity index is 1.58. The van der Waals surface area contributed by atoms with Gasteiger partial charge < -0.3 is 20.4 Å². The molecule has 2 heterocycles. The van der Waals surface area contributed by atoms with Gasteiger partial charge in [-0.2, -0.15) is 5.10 Å². The number of carbonyl (C=O) groups is 2. The lowest BCUT2D eigenvalue weighted by molar-refractivity contribution is -0.152. The van der Waals surface area contributed by atoms with Crippen LogP contribution in [0.5, 0.6) is 0 Å². The van der Waals surface area contributed by atoms with Crippen LogP contribution in [-0.2, 0) is 9.59 Å². The van der Waals surface area contributed by atoms with Crippen molar-refractivity contribution < 1.29 is 19.8 Å². The minimum atomic E-state index is -1.80. The van der Waals surface area contributed by atoms with Crippen molar-refractivity contribution in [1.29, 1.82) is 0 Å². The average Bonchev–Trinajstić information content (AvgIpc) is 3.40. The molecule has 1 saturated heterocycles. The van der Waals surface area contributed by atoms with Crippen LogP contribution in [-0.4, -0.2) is 62.0 Å². The predicted molar refractivity (Wildman–Crippen MR) is 97.9 cm³/mol. The van der Waals surface area contributed by atoms with Crippen molar-refractivity contribution in [3.63, 3.8) is 0 Å². The maximum atomic E-state index is 12.2. The number of likely N-dealkylation sites (tertiary alicyclic amines) is 1. The lowest BCUT2D eigenvalue weighted by Crippen LogP contribution is -2.50. The molecule has 0 bridgehead atoms. The summed E-state index contributed by atoms with van der Waals surface area (Å²) < 4.78 is 1.72. The van der Waals surface area contributed by atoms with Crippen molar-refractivity contribution in [2.45, 2.75) is 38.0 Å². The normalized spacial score (nSPS) is 17.4. The van der Waals surface area contributed by atoms with Crippen molar-refractivity contribution >= 4 is 11.8 Å². The number of nitrogens with one attached hydrogen (secondary N) is 1. The van der Waals surface area contributed by atoms with E-state index in [-0.39, 0.29) is 0 Å². The summed E-state index contributed by atoms with van der Waals surface area (Å²) >= 11 is 0. The number of aliphatic hydroxyl groups is 2. The van der Waals surface area contributed by atoms with E-state index < -0.39 is 30.1 Å². The molecule has 0 radical (unpaired) electrons. The standard InChI is InChI=1S/C19H24N4O4/c1-13(14-5-7-15(8-6-14)23-12-4-9-20-23)21-18(26)16(24)17(25)19(27)22-10-2-3-11-22/h4-9,12-13,16-17,24-25H,2-3,10-11H2,1H3,(H,21,26). The van der Waals surface area contributed by atoms with Gasteiger partial charge in [0.15, 0.2) is 12.2 Å². The van der Waals surface area contributed by atoms with E-state index in [4.69, 9.17) is 0 Å². The first-order valence-corrected chi connectivity index (χ1v) is 9.02. The van der Waals surface area contributed by atoms with Crippen LogP contribution in [0.2, 0.25) is 0 Å². The summed E-state index contributed by atoms with van der Waals surface area (Å²) in [5.41, 5.74) is 1.71. The molecular formula is C19H24N4O4. The zero-order valence-electron chi connectivity index (χ0n) is 15.2. The number of hydrogen-bond acceptors (Lipinski definition) is 5. The van der Waals surface area contributed by atoms with E-state index in [0.717, 1.165) is 24.1 Å². The molecule has 27 heavy (non-hydrogen) atoms. The molecule has 3 atom stereocenters. The molecule has 1 aliphatic heterocycles. The highest BCUT2D eigenvalue weighted by molar-refractivity contribution is 5.91. The van der Waals surface area contributed by atoms with Crippen LogP contribution in [0.4, 0.5) is 0 Å². The third-order valence-electron chi connectivity index (χ3n) is 4.76. The van der Waals surface area contributed by atoms with E-state index >= 15 is 0 Å². The van der Waals surface area contributed by atoms with Crippen LogP contribution in [0.15, 0.2) is 42.7 Å². The fourth-order valence-electron chi connectivity index (χ4n) is 3.12. The van der Waals surface area contributed by atoms with Gasteiger partial charge in [0.2, 0.25) is 0 Å². The molecule has 0 spiro atoms. The molecule has 3 N–H and O–H groups in total. The van der Waals surface area contributed by atoms with Gasteiger partial charge in [-0.15, -0.1) is 0 Å². The second kappa shape index (κ2) is 8.32. The number of nitrogens with zero attached hydrogens (tertiary/aromatic N) is 3. The van der Waals surface area contributed by atoms with Gasteiger partial charge in [-0.25, -0.2) is 4.68 Å². The maximum absolute atomic E-state index is 12.2. The molecule has 3 unspecified atom stereocenters. The average molecular weight is 372 g/mol. The summed E-state index contributed by atoms with van der Waals surface area (Å²) in [5.74, 6) is -1.38. The summed E-state index contributed by atoms with van der Waals surface area (Å²) in [6.45, 7) is 2.86. The van der Waals surface area contributed by atoms with Crippen LogP contribution < -0.4 is 5.32 Å². The number of aromatic nitrogens is 2. The number of aliphatic hydroxyl groups excluding tert-OH is 2. The van der Waals surface area contributed by atoms with E-state index in [1.807, 2.05) is 36.5 Å². The third-order valence-corrected chi connectivity index (χ3v) is 4.76. The third kappa shape index (κ3) is 4.35. The fraction of sp³-hybridized carbons (Fsp3) is 0.421. The maximum Gasteiger partial charge on any atom is 0.254 e. The molecule has 0 saturated carbocycles. The monoisotopic (exact) mass is 372 g/mol. The number of rotatable bonds is 6. The van der Waals surface area contributed by atoms with Crippen LogP contribution >= 0.6 is 0 Å². The largest absolute Gasteiger partial charge is 0.380 e. The lowest BCUT2D eigenvalue weighted by Gasteiger charge is -2.24. The highest BCUT2D eigenvalue weighted by atomic mass is 16.3. The smallest absolute Gasteiger partial charge is 0.254 e. The molecule has 2 amide bonds. The Labute approximate surface area is 157 Å². The minimum Gasteiger partial charge on any atom is -0.380 e. The number of carbonyl (C=O) groups excluding carboxylic acids is 2. The zero-order valence-corrected chi connectivity index (χ0v) is 15.2. The summed E-state index contributed by atoms with van der Waals surface area (Å²) in [5, 5.41) is 26.9. The Morgan fingerprint density at radius 3 is 2.37 bits per heavy atom. The number of benzene rings is 1. The highest BCUT2D eigenvalue weighted by Gasteiger charge is 2.34. The summed E-state index contributed by atoms with van der Waals surface area (Å²) in [4.78, 5) is 25.8. The van der Waals surface area contributed by atoms with Crippen molar-refractivity contribution in [2.24, 2.45) is 0 Å². The molecule has 8 nitrogen and oxygen atoms in total. The Morgan fingerprint density at radius 1 is 1.11 bits per heavy atom. The second-order valence-electron chi connectivity index (χ2n) is 6.69. The first-order valence-electron chi connectivity index (χ1n) is 9.02. The Hall–Kier alpha value is -2.71. The summed E-state index contributed by atoms with van der Waals surface area (Å²) in [6, 6.07) is 8.86. The van der Waals surface area contributed by atoms with Crippen molar-refractivity contribution in [1.82, 2.24) is 20.0 Å². The van der Waals surface area contributed by atoms with Crippen LogP contribution in [0.3, 0.4) is 0 Å². The summed E-state index contributed by atoms with van der Waals surface area (Å²) in [7, 11) is 0. The van der Waals surface area contributed by atoms with E-state index in [1.54, 1.807) is 17.8 Å². The number of amides is 2. The summed E-state index contributed by atoms with van der Waals surface area (Å²) in [6.07, 6.45) is 1.70. The molecule has 1 fully saturated rings. The van der Waals surface area contributed by atoms with Gasteiger partial charge in [-0.05, 0) is 43.5 Å². The first kappa shape index (κ1) is 19.1. The topological polar surface area (TPSA) is 108 Å². The molecular weight excluding hydrogens is 348 g/mol. The van der Waals surface area contributed by atoms with Crippen molar-refractivity contribution in [3.05, 3.63) is 48.3 Å². The number of hydrogen-bond donors (Lipinski definition) is 3. The molecule has 1 aliphatic rings. The Morgan fingerprint density at radius 2 is 1.78 bits per heavy atom. The van der Waals surface area contributed by atoms with Gasteiger partial charge in [-0.1, -0.05) is 12.1 Å². The van der Waals surface area contributed by atoms with E-state index in [2.05, 4.69) is 10.4 Å².